The summed E-state index contributed by atoms with van der Waals surface area (Å²) in [6.45, 7) is 7.19. The first-order valence-corrected chi connectivity index (χ1v) is 10.4. The van der Waals surface area contributed by atoms with Gasteiger partial charge in [0.2, 0.25) is 0 Å². The highest BCUT2D eigenvalue weighted by atomic mass is 19.1. The number of halogens is 1. The summed E-state index contributed by atoms with van der Waals surface area (Å²) in [6.07, 6.45) is 4.60. The summed E-state index contributed by atoms with van der Waals surface area (Å²) in [5, 5.41) is 18.1. The highest BCUT2D eigenvalue weighted by Gasteiger charge is 2.45. The SMILES string of the molecule is Cc1nc(-c2cn(C3CC(O)(CNC(=O)OC(C)(C)C)C3)nc2C2CC2)ccc1F. The van der Waals surface area contributed by atoms with Gasteiger partial charge in [0.1, 0.15) is 11.4 Å². The molecule has 2 aromatic rings. The Morgan fingerprint density at radius 3 is 2.67 bits per heavy atom. The van der Waals surface area contributed by atoms with Gasteiger partial charge < -0.3 is 15.2 Å². The van der Waals surface area contributed by atoms with E-state index in [1.165, 1.54) is 6.07 Å². The molecule has 7 nitrogen and oxygen atoms in total. The third-order valence-corrected chi connectivity index (χ3v) is 5.59. The number of ether oxygens (including phenoxy) is 1. The summed E-state index contributed by atoms with van der Waals surface area (Å²) in [7, 11) is 0. The van der Waals surface area contributed by atoms with E-state index < -0.39 is 17.3 Å². The molecular formula is C22H29FN4O3. The number of rotatable bonds is 5. The van der Waals surface area contributed by atoms with Crippen LogP contribution in [-0.2, 0) is 4.74 Å². The number of pyridine rings is 1. The standard InChI is InChI=1S/C22H29FN4O3/c1-13-17(23)7-8-18(25-13)16-11-27(26-19(16)14-5-6-14)15-9-22(29,10-15)12-24-20(28)30-21(2,3)4/h7-8,11,14-15,29H,5-6,9-10,12H2,1-4H3,(H,24,28). The van der Waals surface area contributed by atoms with Crippen LogP contribution in [-0.4, -0.2) is 43.7 Å². The maximum atomic E-state index is 13.6. The Bertz CT molecular complexity index is 956. The third kappa shape index (κ3) is 4.48. The molecule has 2 N–H and O–H groups in total. The van der Waals surface area contributed by atoms with Gasteiger partial charge in [0.25, 0.3) is 0 Å². The Kier molecular flexibility index (Phi) is 5.08. The van der Waals surface area contributed by atoms with Gasteiger partial charge in [0.15, 0.2) is 0 Å². The molecular weight excluding hydrogens is 387 g/mol. The van der Waals surface area contributed by atoms with Crippen LogP contribution >= 0.6 is 0 Å². The molecule has 30 heavy (non-hydrogen) atoms. The van der Waals surface area contributed by atoms with E-state index in [4.69, 9.17) is 9.84 Å². The van der Waals surface area contributed by atoms with Crippen molar-refractivity contribution in [2.24, 2.45) is 0 Å². The highest BCUT2D eigenvalue weighted by Crippen LogP contribution is 2.46. The highest BCUT2D eigenvalue weighted by molar-refractivity contribution is 5.67. The number of hydrogen-bond donors (Lipinski definition) is 2. The third-order valence-electron chi connectivity index (χ3n) is 5.59. The lowest BCUT2D eigenvalue weighted by molar-refractivity contribution is -0.0691. The molecule has 2 saturated carbocycles. The largest absolute Gasteiger partial charge is 0.444 e. The molecule has 0 radical (unpaired) electrons. The molecule has 0 spiro atoms. The van der Waals surface area contributed by atoms with Crippen molar-refractivity contribution >= 4 is 6.09 Å². The lowest BCUT2D eigenvalue weighted by Crippen LogP contribution is -2.53. The topological polar surface area (TPSA) is 89.3 Å². The zero-order valence-electron chi connectivity index (χ0n) is 17.9. The van der Waals surface area contributed by atoms with Crippen molar-refractivity contribution in [3.8, 4) is 11.3 Å². The van der Waals surface area contributed by atoms with Gasteiger partial charge in [-0.3, -0.25) is 4.68 Å². The molecule has 0 bridgehead atoms. The van der Waals surface area contributed by atoms with E-state index in [2.05, 4.69) is 10.3 Å². The Morgan fingerprint density at radius 1 is 1.37 bits per heavy atom. The number of amides is 1. The van der Waals surface area contributed by atoms with Crippen molar-refractivity contribution in [3.63, 3.8) is 0 Å². The summed E-state index contributed by atoms with van der Waals surface area (Å²) in [5.41, 5.74) is 1.47. The summed E-state index contributed by atoms with van der Waals surface area (Å²) >= 11 is 0. The van der Waals surface area contributed by atoms with Gasteiger partial charge in [0.05, 0.1) is 28.7 Å². The van der Waals surface area contributed by atoms with Gasteiger partial charge in [-0.05, 0) is 52.7 Å². The molecule has 0 unspecified atom stereocenters. The van der Waals surface area contributed by atoms with Crippen molar-refractivity contribution in [2.45, 2.75) is 76.5 Å². The van der Waals surface area contributed by atoms with Crippen LogP contribution in [0.15, 0.2) is 18.3 Å². The van der Waals surface area contributed by atoms with E-state index in [-0.39, 0.29) is 18.4 Å². The van der Waals surface area contributed by atoms with Crippen LogP contribution in [0.3, 0.4) is 0 Å². The number of aliphatic hydroxyl groups is 1. The van der Waals surface area contributed by atoms with Gasteiger partial charge >= 0.3 is 6.09 Å². The second kappa shape index (κ2) is 7.34. The predicted octanol–water partition coefficient (Wildman–Crippen LogP) is 3.86. The minimum absolute atomic E-state index is 0.0447. The minimum Gasteiger partial charge on any atom is -0.444 e. The van der Waals surface area contributed by atoms with Crippen LogP contribution in [0.25, 0.3) is 11.3 Å². The van der Waals surface area contributed by atoms with Crippen molar-refractivity contribution in [2.75, 3.05) is 6.54 Å². The number of hydrogen-bond acceptors (Lipinski definition) is 5. The molecule has 162 valence electrons. The van der Waals surface area contributed by atoms with E-state index in [9.17, 15) is 14.3 Å². The van der Waals surface area contributed by atoms with E-state index in [1.807, 2.05) is 10.9 Å². The van der Waals surface area contributed by atoms with E-state index in [0.29, 0.717) is 24.5 Å². The number of nitrogens with zero attached hydrogens (tertiary/aromatic N) is 3. The predicted molar refractivity (Wildman–Crippen MR) is 110 cm³/mol. The summed E-state index contributed by atoms with van der Waals surface area (Å²) in [5.74, 6) is 0.0989. The number of carbonyl (C=O) groups excluding carboxylic acids is 1. The Morgan fingerprint density at radius 2 is 2.07 bits per heavy atom. The first-order chi connectivity index (χ1) is 14.0. The summed E-state index contributed by atoms with van der Waals surface area (Å²) in [6, 6.07) is 3.18. The second-order valence-corrected chi connectivity index (χ2v) is 9.59. The van der Waals surface area contributed by atoms with Crippen LogP contribution < -0.4 is 5.32 Å². The maximum absolute atomic E-state index is 13.6. The maximum Gasteiger partial charge on any atom is 0.407 e. The Labute approximate surface area is 175 Å². The molecule has 2 fully saturated rings. The fraction of sp³-hybridized carbons (Fsp3) is 0.591. The zero-order valence-corrected chi connectivity index (χ0v) is 17.9. The average molecular weight is 416 g/mol. The monoisotopic (exact) mass is 416 g/mol. The van der Waals surface area contributed by atoms with Crippen LogP contribution in [0.5, 0.6) is 0 Å². The zero-order chi connectivity index (χ0) is 21.7. The smallest absolute Gasteiger partial charge is 0.407 e. The van der Waals surface area contributed by atoms with Crippen LogP contribution in [0.4, 0.5) is 9.18 Å². The van der Waals surface area contributed by atoms with Crippen LogP contribution in [0.1, 0.15) is 69.8 Å². The molecule has 8 heteroatoms. The molecule has 4 rings (SSSR count). The van der Waals surface area contributed by atoms with Gasteiger partial charge in [-0.15, -0.1) is 0 Å². The minimum atomic E-state index is -0.974. The molecule has 2 heterocycles. The van der Waals surface area contributed by atoms with Crippen LogP contribution in [0, 0.1) is 12.7 Å². The first-order valence-electron chi connectivity index (χ1n) is 10.4. The molecule has 2 aromatic heterocycles. The Balaban J connectivity index is 1.43. The van der Waals surface area contributed by atoms with Gasteiger partial charge in [0, 0.05) is 37.1 Å². The van der Waals surface area contributed by atoms with Crippen molar-refractivity contribution < 1.29 is 19.0 Å². The first kappa shape index (κ1) is 20.8. The fourth-order valence-corrected chi connectivity index (χ4v) is 3.84. The second-order valence-electron chi connectivity index (χ2n) is 9.59. The van der Waals surface area contributed by atoms with Crippen molar-refractivity contribution in [1.29, 1.82) is 0 Å². The van der Waals surface area contributed by atoms with E-state index >= 15 is 0 Å². The molecule has 2 aliphatic rings. The van der Waals surface area contributed by atoms with Gasteiger partial charge in [-0.2, -0.15) is 5.10 Å². The molecule has 0 aromatic carbocycles. The average Bonchev–Trinajstić information content (AvgIpc) is 3.37. The van der Waals surface area contributed by atoms with Crippen molar-refractivity contribution in [1.82, 2.24) is 20.1 Å². The molecule has 0 aliphatic heterocycles. The normalized spacial score (nSPS) is 23.7. The quantitative estimate of drug-likeness (QED) is 0.773. The summed E-state index contributed by atoms with van der Waals surface area (Å²) < 4.78 is 20.8. The van der Waals surface area contributed by atoms with E-state index in [1.54, 1.807) is 33.8 Å². The lowest BCUT2D eigenvalue weighted by Gasteiger charge is -2.43. The molecule has 1 amide bonds. The number of alkyl carbamates (subject to hydrolysis) is 1. The fourth-order valence-electron chi connectivity index (χ4n) is 3.84. The van der Waals surface area contributed by atoms with Gasteiger partial charge in [-0.25, -0.2) is 14.2 Å². The number of carbonyl (C=O) groups is 1. The number of aryl methyl sites for hydroxylation is 1. The summed E-state index contributed by atoms with van der Waals surface area (Å²) in [4.78, 5) is 16.2. The van der Waals surface area contributed by atoms with Gasteiger partial charge in [-0.1, -0.05) is 0 Å². The molecule has 0 atom stereocenters. The molecule has 0 saturated heterocycles. The van der Waals surface area contributed by atoms with Crippen molar-refractivity contribution in [3.05, 3.63) is 35.5 Å². The number of nitrogens with one attached hydrogen (secondary N) is 1. The number of aromatic nitrogens is 3. The van der Waals surface area contributed by atoms with E-state index in [0.717, 1.165) is 29.8 Å². The lowest BCUT2D eigenvalue weighted by atomic mass is 9.75. The molecule has 2 aliphatic carbocycles. The Hall–Kier alpha value is -2.48. The van der Waals surface area contributed by atoms with Crippen LogP contribution in [0.2, 0.25) is 0 Å².